The van der Waals surface area contributed by atoms with E-state index in [0.29, 0.717) is 36.0 Å². The average molecular weight is 593 g/mol. The molecule has 5 aromatic rings. The second-order valence-corrected chi connectivity index (χ2v) is 11.7. The quantitative estimate of drug-likeness (QED) is 0.196. The number of hydrogen-bond acceptors (Lipinski definition) is 7. The fraction of sp³-hybridized carbons (Fsp3) is 0.371. The molecule has 3 aromatic carbocycles. The van der Waals surface area contributed by atoms with E-state index in [4.69, 9.17) is 9.47 Å². The maximum Gasteiger partial charge on any atom is 0.253 e. The van der Waals surface area contributed by atoms with E-state index in [2.05, 4.69) is 55.7 Å². The van der Waals surface area contributed by atoms with Gasteiger partial charge in [-0.05, 0) is 76.9 Å². The monoisotopic (exact) mass is 592 g/mol. The van der Waals surface area contributed by atoms with Crippen molar-refractivity contribution in [1.82, 2.24) is 30.1 Å². The Morgan fingerprint density at radius 2 is 1.73 bits per heavy atom. The van der Waals surface area contributed by atoms with Gasteiger partial charge in [-0.25, -0.2) is 4.68 Å². The van der Waals surface area contributed by atoms with Gasteiger partial charge in [0.1, 0.15) is 6.04 Å². The minimum absolute atomic E-state index is 0.126. The topological polar surface area (TPSA) is 98.2 Å². The van der Waals surface area contributed by atoms with Gasteiger partial charge < -0.3 is 14.5 Å². The molecule has 228 valence electrons. The van der Waals surface area contributed by atoms with E-state index in [1.165, 1.54) is 6.42 Å². The number of benzene rings is 3. The van der Waals surface area contributed by atoms with Crippen LogP contribution in [-0.2, 0) is 13.0 Å². The average Bonchev–Trinajstić information content (AvgIpc) is 3.54. The number of aryl methyl sites for hydroxylation is 1. The molecule has 2 heterocycles. The molecule has 1 N–H and O–H groups in total. The van der Waals surface area contributed by atoms with Crippen molar-refractivity contribution in [3.63, 3.8) is 0 Å². The standard InChI is InChI=1S/C35H40N6O3/c1-24-11-10-14-27-22-29(35(42)36-32(24)27)33(34-37-38-39-41(34)28-15-8-5-9-16-28)40(23-26-12-6-4-7-13-26)20-19-25-17-18-30(43-2)31(21-25)44-3/h4,6-7,10-14,17-18,21-22,28,33H,5,8-9,15-16,19-20,23H2,1-3H3,(H,36,42)/t33-/m0/s1. The molecular formula is C35H40N6O3. The highest BCUT2D eigenvalue weighted by atomic mass is 16.5. The summed E-state index contributed by atoms with van der Waals surface area (Å²) in [5.41, 5.74) is 4.65. The summed E-state index contributed by atoms with van der Waals surface area (Å²) in [5.74, 6) is 2.09. The van der Waals surface area contributed by atoms with Gasteiger partial charge in [0, 0.05) is 18.7 Å². The summed E-state index contributed by atoms with van der Waals surface area (Å²) in [7, 11) is 3.29. The number of pyridine rings is 1. The van der Waals surface area contributed by atoms with Crippen LogP contribution in [-0.4, -0.2) is 50.9 Å². The molecule has 0 unspecified atom stereocenters. The maximum atomic E-state index is 14.0. The Morgan fingerprint density at radius 1 is 0.932 bits per heavy atom. The summed E-state index contributed by atoms with van der Waals surface area (Å²) in [4.78, 5) is 19.5. The molecule has 1 saturated carbocycles. The Labute approximate surface area is 257 Å². The number of aromatic amines is 1. The van der Waals surface area contributed by atoms with E-state index in [1.807, 2.05) is 54.1 Å². The van der Waals surface area contributed by atoms with E-state index in [-0.39, 0.29) is 11.6 Å². The third kappa shape index (κ3) is 6.24. The first kappa shape index (κ1) is 29.6. The Balaban J connectivity index is 1.47. The number of tetrazole rings is 1. The van der Waals surface area contributed by atoms with Crippen molar-refractivity contribution in [1.29, 1.82) is 0 Å². The fourth-order valence-electron chi connectivity index (χ4n) is 6.49. The Kier molecular flexibility index (Phi) is 9.02. The zero-order valence-corrected chi connectivity index (χ0v) is 25.7. The van der Waals surface area contributed by atoms with Gasteiger partial charge in [-0.2, -0.15) is 0 Å². The van der Waals surface area contributed by atoms with Crippen molar-refractivity contribution in [2.24, 2.45) is 0 Å². The molecule has 44 heavy (non-hydrogen) atoms. The molecule has 0 aliphatic heterocycles. The van der Waals surface area contributed by atoms with Crippen LogP contribution in [0.15, 0.2) is 77.6 Å². The number of fused-ring (bicyclic) bond motifs is 1. The summed E-state index contributed by atoms with van der Waals surface area (Å²) in [6.07, 6.45) is 6.31. The number of H-pyrrole nitrogens is 1. The minimum atomic E-state index is -0.471. The Bertz CT molecular complexity index is 1760. The number of aromatic nitrogens is 5. The van der Waals surface area contributed by atoms with Crippen LogP contribution < -0.4 is 15.0 Å². The van der Waals surface area contributed by atoms with Gasteiger partial charge in [0.2, 0.25) is 0 Å². The molecule has 1 aliphatic rings. The number of nitrogens with one attached hydrogen (secondary N) is 1. The number of ether oxygens (including phenoxy) is 2. The van der Waals surface area contributed by atoms with Crippen molar-refractivity contribution in [2.45, 2.75) is 64.1 Å². The Morgan fingerprint density at radius 3 is 2.50 bits per heavy atom. The zero-order valence-electron chi connectivity index (χ0n) is 25.7. The normalized spacial score (nSPS) is 14.6. The van der Waals surface area contributed by atoms with Gasteiger partial charge in [0.25, 0.3) is 5.56 Å². The summed E-state index contributed by atoms with van der Waals surface area (Å²) in [6, 6.07) is 24.3. The van der Waals surface area contributed by atoms with Gasteiger partial charge in [0.15, 0.2) is 17.3 Å². The highest BCUT2D eigenvalue weighted by molar-refractivity contribution is 5.82. The molecule has 1 atom stereocenters. The van der Waals surface area contributed by atoms with E-state index >= 15 is 0 Å². The molecule has 9 nitrogen and oxygen atoms in total. The van der Waals surface area contributed by atoms with Crippen LogP contribution in [0.4, 0.5) is 0 Å². The van der Waals surface area contributed by atoms with E-state index in [1.54, 1.807) is 14.2 Å². The largest absolute Gasteiger partial charge is 0.493 e. The Hall–Kier alpha value is -4.50. The third-order valence-corrected chi connectivity index (χ3v) is 8.82. The molecule has 0 bridgehead atoms. The van der Waals surface area contributed by atoms with Gasteiger partial charge in [-0.3, -0.25) is 9.69 Å². The molecule has 0 radical (unpaired) electrons. The summed E-state index contributed by atoms with van der Waals surface area (Å²) in [5, 5.41) is 14.4. The second-order valence-electron chi connectivity index (χ2n) is 11.7. The van der Waals surface area contributed by atoms with Crippen LogP contribution >= 0.6 is 0 Å². The van der Waals surface area contributed by atoms with Gasteiger partial charge in [0.05, 0.1) is 25.8 Å². The lowest BCUT2D eigenvalue weighted by molar-refractivity contribution is 0.197. The highest BCUT2D eigenvalue weighted by Gasteiger charge is 2.33. The number of nitrogens with zero attached hydrogens (tertiary/aromatic N) is 5. The molecule has 0 saturated heterocycles. The lowest BCUT2D eigenvalue weighted by atomic mass is 9.94. The molecular weight excluding hydrogens is 552 g/mol. The van der Waals surface area contributed by atoms with Crippen LogP contribution in [0, 0.1) is 6.92 Å². The first-order valence-electron chi connectivity index (χ1n) is 15.4. The van der Waals surface area contributed by atoms with Crippen molar-refractivity contribution in [3.05, 3.63) is 111 Å². The van der Waals surface area contributed by atoms with E-state index < -0.39 is 6.04 Å². The van der Waals surface area contributed by atoms with Crippen LogP contribution in [0.3, 0.4) is 0 Å². The lowest BCUT2D eigenvalue weighted by Crippen LogP contribution is -2.37. The van der Waals surface area contributed by atoms with Gasteiger partial charge in [-0.1, -0.05) is 73.9 Å². The SMILES string of the molecule is COc1ccc(CCN(Cc2ccccc2)[C@@H](c2cc3cccc(C)c3[nH]c2=O)c2nnnn2C2CCCCC2)cc1OC. The third-order valence-electron chi connectivity index (χ3n) is 8.82. The van der Waals surface area contributed by atoms with Crippen molar-refractivity contribution in [3.8, 4) is 11.5 Å². The first-order valence-corrected chi connectivity index (χ1v) is 15.4. The molecule has 1 fully saturated rings. The molecule has 2 aromatic heterocycles. The summed E-state index contributed by atoms with van der Waals surface area (Å²) < 4.78 is 13.1. The molecule has 1 aliphatic carbocycles. The van der Waals surface area contributed by atoms with Gasteiger partial charge in [-0.15, -0.1) is 5.10 Å². The predicted molar refractivity (Wildman–Crippen MR) is 171 cm³/mol. The van der Waals surface area contributed by atoms with E-state index in [0.717, 1.165) is 59.7 Å². The van der Waals surface area contributed by atoms with Crippen LogP contribution in [0.1, 0.15) is 72.3 Å². The maximum absolute atomic E-state index is 14.0. The first-order chi connectivity index (χ1) is 21.6. The number of methoxy groups -OCH3 is 2. The number of rotatable bonds is 11. The van der Waals surface area contributed by atoms with Crippen molar-refractivity contribution in [2.75, 3.05) is 20.8 Å². The highest BCUT2D eigenvalue weighted by Crippen LogP contribution is 2.34. The fourth-order valence-corrected chi connectivity index (χ4v) is 6.49. The van der Waals surface area contributed by atoms with Crippen LogP contribution in [0.25, 0.3) is 10.9 Å². The second kappa shape index (κ2) is 13.4. The van der Waals surface area contributed by atoms with Crippen molar-refractivity contribution >= 4 is 10.9 Å². The smallest absolute Gasteiger partial charge is 0.253 e. The van der Waals surface area contributed by atoms with Crippen LogP contribution in [0.2, 0.25) is 0 Å². The molecule has 0 amide bonds. The number of para-hydroxylation sites is 1. The van der Waals surface area contributed by atoms with Gasteiger partial charge >= 0.3 is 0 Å². The summed E-state index contributed by atoms with van der Waals surface area (Å²) in [6.45, 7) is 3.28. The minimum Gasteiger partial charge on any atom is -0.493 e. The molecule has 0 spiro atoms. The number of hydrogen-bond donors (Lipinski definition) is 1. The molecule has 6 rings (SSSR count). The summed E-state index contributed by atoms with van der Waals surface area (Å²) >= 11 is 0. The predicted octanol–water partition coefficient (Wildman–Crippen LogP) is 6.18. The lowest BCUT2D eigenvalue weighted by Gasteiger charge is -2.33. The zero-order chi connectivity index (χ0) is 30.5. The van der Waals surface area contributed by atoms with Crippen molar-refractivity contribution < 1.29 is 9.47 Å². The molecule has 9 heteroatoms. The van der Waals surface area contributed by atoms with E-state index in [9.17, 15) is 4.79 Å². The van der Waals surface area contributed by atoms with Crippen LogP contribution in [0.5, 0.6) is 11.5 Å².